The van der Waals surface area contributed by atoms with Crippen LogP contribution in [0.4, 0.5) is 39.0 Å². The fourth-order valence-corrected chi connectivity index (χ4v) is 3.91. The van der Waals surface area contributed by atoms with Gasteiger partial charge >= 0.3 is 0 Å². The Balaban J connectivity index is 1.33. The largest absolute Gasteiger partial charge is 0.482 e. The quantitative estimate of drug-likeness (QED) is 0.274. The zero-order valence-electron chi connectivity index (χ0n) is 18.1. The summed E-state index contributed by atoms with van der Waals surface area (Å²) in [6, 6.07) is 13.6. The molecule has 11 heteroatoms. The molecule has 3 aromatic carbocycles. The maximum atomic E-state index is 14.1. The molecular formula is C24H19ClF5N3O2. The van der Waals surface area contributed by atoms with E-state index in [1.165, 1.54) is 0 Å². The number of nitrogens with zero attached hydrogens (tertiary/aromatic N) is 2. The molecule has 35 heavy (non-hydrogen) atoms. The van der Waals surface area contributed by atoms with Crippen LogP contribution in [0.25, 0.3) is 0 Å². The lowest BCUT2D eigenvalue weighted by molar-refractivity contribution is -0.118. The Morgan fingerprint density at radius 3 is 1.94 bits per heavy atom. The molecule has 0 unspecified atom stereocenters. The summed E-state index contributed by atoms with van der Waals surface area (Å²) in [4.78, 5) is 15.2. The molecule has 5 nitrogen and oxygen atoms in total. The van der Waals surface area contributed by atoms with Gasteiger partial charge in [-0.05, 0) is 36.4 Å². The second kappa shape index (κ2) is 10.4. The number of halogens is 6. The van der Waals surface area contributed by atoms with Crippen molar-refractivity contribution in [1.82, 2.24) is 0 Å². The summed E-state index contributed by atoms with van der Waals surface area (Å²) in [5.74, 6) is -9.77. The minimum absolute atomic E-state index is 0.0518. The highest BCUT2D eigenvalue weighted by Crippen LogP contribution is 2.31. The lowest BCUT2D eigenvalue weighted by Gasteiger charge is -2.37. The maximum Gasteiger partial charge on any atom is 0.262 e. The van der Waals surface area contributed by atoms with Gasteiger partial charge in [-0.1, -0.05) is 23.7 Å². The zero-order valence-corrected chi connectivity index (χ0v) is 18.9. The normalized spacial score (nSPS) is 13.7. The van der Waals surface area contributed by atoms with E-state index in [4.69, 9.17) is 16.3 Å². The first-order chi connectivity index (χ1) is 16.8. The van der Waals surface area contributed by atoms with E-state index in [-0.39, 0.29) is 38.7 Å². The average Bonchev–Trinajstić information content (AvgIpc) is 2.87. The second-order valence-corrected chi connectivity index (χ2v) is 8.11. The van der Waals surface area contributed by atoms with Crippen LogP contribution in [0.2, 0.25) is 5.02 Å². The molecule has 0 aromatic heterocycles. The van der Waals surface area contributed by atoms with E-state index < -0.39 is 34.8 Å². The van der Waals surface area contributed by atoms with Gasteiger partial charge in [-0.3, -0.25) is 4.79 Å². The van der Waals surface area contributed by atoms with E-state index in [0.29, 0.717) is 16.5 Å². The Kier molecular flexibility index (Phi) is 7.30. The molecule has 1 aliphatic heterocycles. The standard InChI is InChI=1S/C24H19ClF5N3O2/c25-16-3-1-2-4-17(16)35-13-18(34)31-14-5-7-15(8-6-14)32-9-11-33(12-10-32)24-22(29)20(27)19(26)21(28)23(24)30/h1-8H,9-13H2,(H,31,34). The van der Waals surface area contributed by atoms with Crippen LogP contribution in [0.3, 0.4) is 0 Å². The zero-order chi connectivity index (χ0) is 25.1. The molecule has 1 N–H and O–H groups in total. The van der Waals surface area contributed by atoms with Crippen molar-refractivity contribution in [3.8, 4) is 5.75 Å². The number of nitrogens with one attached hydrogen (secondary N) is 1. The highest BCUT2D eigenvalue weighted by atomic mass is 35.5. The smallest absolute Gasteiger partial charge is 0.262 e. The second-order valence-electron chi connectivity index (χ2n) is 7.71. The fraction of sp³-hybridized carbons (Fsp3) is 0.208. The summed E-state index contributed by atoms with van der Waals surface area (Å²) >= 11 is 5.99. The van der Waals surface area contributed by atoms with Gasteiger partial charge in [0.15, 0.2) is 29.9 Å². The number of anilines is 3. The number of benzene rings is 3. The van der Waals surface area contributed by atoms with Gasteiger partial charge in [-0.2, -0.15) is 0 Å². The Hall–Kier alpha value is -3.53. The Bertz CT molecular complexity index is 1210. The van der Waals surface area contributed by atoms with Crippen LogP contribution in [0, 0.1) is 29.1 Å². The molecule has 184 valence electrons. The number of hydrogen-bond donors (Lipinski definition) is 1. The summed E-state index contributed by atoms with van der Waals surface area (Å²) in [7, 11) is 0. The molecule has 1 fully saturated rings. The number of piperazine rings is 1. The van der Waals surface area contributed by atoms with E-state index in [9.17, 15) is 26.7 Å². The molecule has 0 bridgehead atoms. The van der Waals surface area contributed by atoms with Gasteiger partial charge in [-0.15, -0.1) is 0 Å². The number of hydrogen-bond acceptors (Lipinski definition) is 4. The molecule has 1 heterocycles. The van der Waals surface area contributed by atoms with Crippen LogP contribution in [0.1, 0.15) is 0 Å². The van der Waals surface area contributed by atoms with Crippen LogP contribution < -0.4 is 19.9 Å². The van der Waals surface area contributed by atoms with Gasteiger partial charge in [0.25, 0.3) is 5.91 Å². The van der Waals surface area contributed by atoms with Gasteiger partial charge in [-0.25, -0.2) is 22.0 Å². The Morgan fingerprint density at radius 2 is 1.34 bits per heavy atom. The van der Waals surface area contributed by atoms with Gasteiger partial charge in [0, 0.05) is 37.6 Å². The van der Waals surface area contributed by atoms with Crippen molar-refractivity contribution in [2.45, 2.75) is 0 Å². The molecule has 0 atom stereocenters. The van der Waals surface area contributed by atoms with E-state index in [0.717, 1.165) is 10.6 Å². The van der Waals surface area contributed by atoms with Gasteiger partial charge < -0.3 is 19.9 Å². The van der Waals surface area contributed by atoms with E-state index in [1.54, 1.807) is 48.5 Å². The predicted octanol–water partition coefficient (Wildman–Crippen LogP) is 5.38. The first kappa shape index (κ1) is 24.6. The van der Waals surface area contributed by atoms with Crippen molar-refractivity contribution >= 4 is 34.6 Å². The number of rotatable bonds is 6. The number of ether oxygens (including phenoxy) is 1. The highest BCUT2D eigenvalue weighted by molar-refractivity contribution is 6.32. The van der Waals surface area contributed by atoms with Crippen molar-refractivity contribution < 1.29 is 31.5 Å². The van der Waals surface area contributed by atoms with Crippen molar-refractivity contribution in [1.29, 1.82) is 0 Å². The third-order valence-electron chi connectivity index (χ3n) is 5.49. The van der Waals surface area contributed by atoms with Crippen LogP contribution in [0.5, 0.6) is 5.75 Å². The minimum Gasteiger partial charge on any atom is -0.482 e. The van der Waals surface area contributed by atoms with E-state index in [1.807, 2.05) is 4.90 Å². The molecular weight excluding hydrogens is 493 g/mol. The highest BCUT2D eigenvalue weighted by Gasteiger charge is 2.30. The molecule has 1 saturated heterocycles. The molecule has 0 spiro atoms. The van der Waals surface area contributed by atoms with Crippen LogP contribution in [-0.2, 0) is 4.79 Å². The van der Waals surface area contributed by atoms with Crippen LogP contribution in [0.15, 0.2) is 48.5 Å². The first-order valence-electron chi connectivity index (χ1n) is 10.5. The van der Waals surface area contributed by atoms with Crippen molar-refractivity contribution in [2.75, 3.05) is 47.9 Å². The third-order valence-corrected chi connectivity index (χ3v) is 5.81. The van der Waals surface area contributed by atoms with Gasteiger partial charge in [0.05, 0.1) is 5.02 Å². The summed E-state index contributed by atoms with van der Waals surface area (Å²) in [5, 5.41) is 3.09. The molecule has 4 rings (SSSR count). The van der Waals surface area contributed by atoms with Crippen molar-refractivity contribution in [3.63, 3.8) is 0 Å². The Morgan fingerprint density at radius 1 is 0.800 bits per heavy atom. The average molecular weight is 512 g/mol. The van der Waals surface area contributed by atoms with Crippen molar-refractivity contribution in [3.05, 3.63) is 82.6 Å². The Labute approximate surface area is 202 Å². The van der Waals surface area contributed by atoms with E-state index >= 15 is 0 Å². The number of carbonyl (C=O) groups is 1. The molecule has 0 radical (unpaired) electrons. The first-order valence-corrected chi connectivity index (χ1v) is 10.9. The van der Waals surface area contributed by atoms with Crippen molar-refractivity contribution in [2.24, 2.45) is 0 Å². The molecule has 0 aliphatic carbocycles. The minimum atomic E-state index is -2.18. The topological polar surface area (TPSA) is 44.8 Å². The number of amides is 1. The van der Waals surface area contributed by atoms with Crippen LogP contribution >= 0.6 is 11.6 Å². The van der Waals surface area contributed by atoms with Crippen LogP contribution in [-0.4, -0.2) is 38.7 Å². The monoisotopic (exact) mass is 511 g/mol. The predicted molar refractivity (Wildman–Crippen MR) is 123 cm³/mol. The van der Waals surface area contributed by atoms with E-state index in [2.05, 4.69) is 5.32 Å². The number of carbonyl (C=O) groups excluding carboxylic acids is 1. The van der Waals surface area contributed by atoms with Gasteiger partial charge in [0.1, 0.15) is 11.4 Å². The SMILES string of the molecule is O=C(COc1ccccc1Cl)Nc1ccc(N2CCN(c3c(F)c(F)c(F)c(F)c3F)CC2)cc1. The number of para-hydroxylation sites is 1. The molecule has 1 aliphatic rings. The molecule has 1 amide bonds. The lowest BCUT2D eigenvalue weighted by Crippen LogP contribution is -2.47. The summed E-state index contributed by atoms with van der Waals surface area (Å²) in [6.45, 7) is 0.450. The third kappa shape index (κ3) is 5.27. The van der Waals surface area contributed by atoms with Gasteiger partial charge in [0.2, 0.25) is 5.82 Å². The fourth-order valence-electron chi connectivity index (χ4n) is 3.72. The summed E-state index contributed by atoms with van der Waals surface area (Å²) in [5.41, 5.74) is 0.382. The summed E-state index contributed by atoms with van der Waals surface area (Å²) < 4.78 is 74.0. The molecule has 3 aromatic rings. The lowest BCUT2D eigenvalue weighted by atomic mass is 10.2. The maximum absolute atomic E-state index is 14.1. The summed E-state index contributed by atoms with van der Waals surface area (Å²) in [6.07, 6.45) is 0. The molecule has 0 saturated carbocycles.